The van der Waals surface area contributed by atoms with Crippen LogP contribution in [-0.2, 0) is 27.7 Å². The summed E-state index contributed by atoms with van der Waals surface area (Å²) in [4.78, 5) is 26.5. The van der Waals surface area contributed by atoms with Crippen molar-refractivity contribution in [2.45, 2.75) is 45.4 Å². The van der Waals surface area contributed by atoms with Crippen LogP contribution in [0.4, 0.5) is 5.69 Å². The lowest BCUT2D eigenvalue weighted by molar-refractivity contribution is -0.117. The summed E-state index contributed by atoms with van der Waals surface area (Å²) in [6.07, 6.45) is 0.416. The SMILES string of the molecule is Cc1cc(Cl)ccc1-c1ccc(NC(=O)[C@@H](Cc2ccc(C(=O)NCCS(=O)O)cc2)c2ccc(-c3ccc(C(C)(C)C)cc3)cc2)cc1. The van der Waals surface area contributed by atoms with Crippen molar-refractivity contribution in [3.63, 3.8) is 0 Å². The maximum atomic E-state index is 14.0. The van der Waals surface area contributed by atoms with Crippen LogP contribution in [0, 0.1) is 6.92 Å². The van der Waals surface area contributed by atoms with Gasteiger partial charge < -0.3 is 15.2 Å². The van der Waals surface area contributed by atoms with E-state index in [1.54, 1.807) is 12.1 Å². The van der Waals surface area contributed by atoms with E-state index in [1.807, 2.05) is 73.7 Å². The molecule has 0 saturated carbocycles. The van der Waals surface area contributed by atoms with Crippen molar-refractivity contribution >= 4 is 40.2 Å². The summed E-state index contributed by atoms with van der Waals surface area (Å²) in [7, 11) is 0. The molecule has 0 bridgehead atoms. The van der Waals surface area contributed by atoms with E-state index in [9.17, 15) is 13.8 Å². The number of nitrogens with one attached hydrogen (secondary N) is 2. The molecule has 0 saturated heterocycles. The Morgan fingerprint density at radius 2 is 1.39 bits per heavy atom. The van der Waals surface area contributed by atoms with Crippen molar-refractivity contribution in [3.8, 4) is 22.3 Å². The standard InChI is InChI=1S/C41H41ClN2O4S/c1-27-25-35(42)19-22-37(27)31-15-20-36(21-16-31)44-40(46)38(26-28-5-7-33(8-6-28)39(45)43-23-24-49(47)48)32-11-9-29(10-12-32)30-13-17-34(18-14-30)41(2,3)4/h5-22,25,38H,23-24,26H2,1-4H3,(H,43,45)(H,44,46)(H,47,48)/t38-/m0/s1. The Hall–Kier alpha value is -4.56. The molecule has 0 spiro atoms. The Bertz CT molecular complexity index is 1930. The van der Waals surface area contributed by atoms with E-state index in [0.717, 1.165) is 38.9 Å². The third kappa shape index (κ3) is 9.54. The molecular formula is C41H41ClN2O4S. The van der Waals surface area contributed by atoms with Gasteiger partial charge in [0.25, 0.3) is 5.91 Å². The molecule has 2 amide bonds. The van der Waals surface area contributed by atoms with Crippen molar-refractivity contribution in [3.05, 3.63) is 148 Å². The topological polar surface area (TPSA) is 95.5 Å². The van der Waals surface area contributed by atoms with Gasteiger partial charge in [-0.15, -0.1) is 0 Å². The van der Waals surface area contributed by atoms with Gasteiger partial charge in [0.1, 0.15) is 0 Å². The van der Waals surface area contributed by atoms with Gasteiger partial charge in [0.05, 0.1) is 11.7 Å². The van der Waals surface area contributed by atoms with Crippen LogP contribution in [-0.4, -0.2) is 32.9 Å². The van der Waals surface area contributed by atoms with Crippen molar-refractivity contribution in [2.75, 3.05) is 17.6 Å². The van der Waals surface area contributed by atoms with E-state index in [4.69, 9.17) is 16.2 Å². The zero-order valence-electron chi connectivity index (χ0n) is 28.1. The molecule has 0 radical (unpaired) electrons. The molecule has 3 N–H and O–H groups in total. The molecule has 49 heavy (non-hydrogen) atoms. The zero-order valence-corrected chi connectivity index (χ0v) is 29.7. The average Bonchev–Trinajstić information content (AvgIpc) is 3.07. The lowest BCUT2D eigenvalue weighted by atomic mass is 9.86. The second-order valence-corrected chi connectivity index (χ2v) is 14.7. The van der Waals surface area contributed by atoms with E-state index >= 15 is 0 Å². The number of carbonyl (C=O) groups is 2. The molecular weight excluding hydrogens is 652 g/mol. The first-order valence-corrected chi connectivity index (χ1v) is 17.9. The molecule has 0 aliphatic rings. The minimum atomic E-state index is -1.97. The number of amides is 2. The van der Waals surface area contributed by atoms with E-state index < -0.39 is 17.0 Å². The summed E-state index contributed by atoms with van der Waals surface area (Å²) in [5, 5.41) is 6.46. The highest BCUT2D eigenvalue weighted by atomic mass is 35.5. The molecule has 0 aromatic heterocycles. The van der Waals surface area contributed by atoms with Crippen LogP contribution in [0.15, 0.2) is 115 Å². The van der Waals surface area contributed by atoms with Gasteiger partial charge in [0.2, 0.25) is 5.91 Å². The van der Waals surface area contributed by atoms with Crippen LogP contribution in [0.25, 0.3) is 22.3 Å². The second kappa shape index (κ2) is 15.8. The Morgan fingerprint density at radius 1 is 0.796 bits per heavy atom. The number of hydrogen-bond donors (Lipinski definition) is 3. The van der Waals surface area contributed by atoms with Crippen molar-refractivity contribution in [1.82, 2.24) is 5.32 Å². The van der Waals surface area contributed by atoms with Crippen molar-refractivity contribution in [2.24, 2.45) is 0 Å². The monoisotopic (exact) mass is 692 g/mol. The number of halogens is 1. The second-order valence-electron chi connectivity index (χ2n) is 13.2. The van der Waals surface area contributed by atoms with Gasteiger partial charge in [0.15, 0.2) is 11.1 Å². The molecule has 5 rings (SSSR count). The van der Waals surface area contributed by atoms with Gasteiger partial charge in [-0.2, -0.15) is 0 Å². The summed E-state index contributed by atoms with van der Waals surface area (Å²) in [5.74, 6) is -1.01. The van der Waals surface area contributed by atoms with Gasteiger partial charge in [0, 0.05) is 22.8 Å². The molecule has 5 aromatic carbocycles. The van der Waals surface area contributed by atoms with Crippen molar-refractivity contribution in [1.29, 1.82) is 0 Å². The molecule has 252 valence electrons. The van der Waals surface area contributed by atoms with Crippen LogP contribution in [0.2, 0.25) is 5.02 Å². The average molecular weight is 693 g/mol. The minimum absolute atomic E-state index is 0.0366. The zero-order chi connectivity index (χ0) is 35.1. The summed E-state index contributed by atoms with van der Waals surface area (Å²) >= 11 is 4.18. The number of aryl methyl sites for hydroxylation is 1. The largest absolute Gasteiger partial charge is 0.351 e. The van der Waals surface area contributed by atoms with Gasteiger partial charge in [-0.25, -0.2) is 4.21 Å². The first kappa shape index (κ1) is 35.7. The Balaban J connectivity index is 1.37. The fraction of sp³-hybridized carbons (Fsp3) is 0.220. The third-order valence-corrected chi connectivity index (χ3v) is 9.37. The van der Waals surface area contributed by atoms with E-state index in [0.29, 0.717) is 22.7 Å². The third-order valence-electron chi connectivity index (χ3n) is 8.58. The summed E-state index contributed by atoms with van der Waals surface area (Å²) in [6.45, 7) is 8.71. The predicted octanol–water partition coefficient (Wildman–Crippen LogP) is 9.20. The van der Waals surface area contributed by atoms with E-state index in [2.05, 4.69) is 67.8 Å². The lowest BCUT2D eigenvalue weighted by Gasteiger charge is -2.20. The van der Waals surface area contributed by atoms with Crippen LogP contribution in [0.5, 0.6) is 0 Å². The summed E-state index contributed by atoms with van der Waals surface area (Å²) in [6, 6.07) is 37.4. The van der Waals surface area contributed by atoms with E-state index in [1.165, 1.54) is 5.56 Å². The smallest absolute Gasteiger partial charge is 0.251 e. The first-order chi connectivity index (χ1) is 23.4. The Morgan fingerprint density at radius 3 is 1.96 bits per heavy atom. The van der Waals surface area contributed by atoms with Gasteiger partial charge in [-0.3, -0.25) is 9.59 Å². The van der Waals surface area contributed by atoms with Crippen LogP contribution >= 0.6 is 11.6 Å². The molecule has 1 unspecified atom stereocenters. The van der Waals surface area contributed by atoms with Crippen LogP contribution in [0.3, 0.4) is 0 Å². The predicted molar refractivity (Wildman–Crippen MR) is 202 cm³/mol. The minimum Gasteiger partial charge on any atom is -0.351 e. The van der Waals surface area contributed by atoms with Gasteiger partial charge in [-0.1, -0.05) is 111 Å². The molecule has 8 heteroatoms. The molecule has 0 heterocycles. The highest BCUT2D eigenvalue weighted by molar-refractivity contribution is 7.79. The van der Waals surface area contributed by atoms with Crippen molar-refractivity contribution < 1.29 is 18.4 Å². The van der Waals surface area contributed by atoms with Gasteiger partial charge >= 0.3 is 0 Å². The maximum absolute atomic E-state index is 14.0. The normalized spacial score (nSPS) is 12.6. The highest BCUT2D eigenvalue weighted by Gasteiger charge is 2.22. The Kier molecular flexibility index (Phi) is 11.5. The number of benzene rings is 5. The fourth-order valence-electron chi connectivity index (χ4n) is 5.73. The summed E-state index contributed by atoms with van der Waals surface area (Å²) in [5.41, 5.74) is 9.59. The molecule has 0 fully saturated rings. The van der Waals surface area contributed by atoms with Crippen LogP contribution in [0.1, 0.15) is 59.3 Å². The fourth-order valence-corrected chi connectivity index (χ4v) is 6.23. The maximum Gasteiger partial charge on any atom is 0.251 e. The molecule has 0 aliphatic carbocycles. The number of rotatable bonds is 11. The number of carbonyl (C=O) groups excluding carboxylic acids is 2. The highest BCUT2D eigenvalue weighted by Crippen LogP contribution is 2.31. The number of hydrogen-bond acceptors (Lipinski definition) is 3. The Labute approximate surface area is 296 Å². The summed E-state index contributed by atoms with van der Waals surface area (Å²) < 4.78 is 19.9. The van der Waals surface area contributed by atoms with Crippen LogP contribution < -0.4 is 10.6 Å². The first-order valence-electron chi connectivity index (χ1n) is 16.2. The molecule has 5 aromatic rings. The lowest BCUT2D eigenvalue weighted by Crippen LogP contribution is -2.27. The molecule has 6 nitrogen and oxygen atoms in total. The van der Waals surface area contributed by atoms with Gasteiger partial charge in [-0.05, 0) is 99.7 Å². The molecule has 2 atom stereocenters. The quantitative estimate of drug-likeness (QED) is 0.120. The molecule has 0 aliphatic heterocycles. The van der Waals surface area contributed by atoms with E-state index in [-0.39, 0.29) is 29.5 Å². The number of anilines is 1.